The molecule has 15 heavy (non-hydrogen) atoms. The Bertz CT molecular complexity index is 198. The number of aliphatic hydroxyl groups is 1. The summed E-state index contributed by atoms with van der Waals surface area (Å²) in [7, 11) is 0. The lowest BCUT2D eigenvalue weighted by Crippen LogP contribution is -2.39. The highest BCUT2D eigenvalue weighted by molar-refractivity contribution is 5.76. The third-order valence-electron chi connectivity index (χ3n) is 3.45. The van der Waals surface area contributed by atoms with Gasteiger partial charge in [-0.3, -0.25) is 4.79 Å². The number of hydrogen-bond donors (Lipinski definition) is 1. The van der Waals surface area contributed by atoms with Gasteiger partial charge in [-0.2, -0.15) is 0 Å². The molecular weight excluding hydrogens is 190 g/mol. The Balaban J connectivity index is 2.30. The van der Waals surface area contributed by atoms with Crippen molar-refractivity contribution >= 4 is 5.91 Å². The number of likely N-dealkylation sites (tertiary alicyclic amines) is 1. The molecule has 88 valence electrons. The molecular formula is C12H23NO2. The monoisotopic (exact) mass is 213 g/mol. The third-order valence-corrected chi connectivity index (χ3v) is 3.45. The smallest absolute Gasteiger partial charge is 0.222 e. The van der Waals surface area contributed by atoms with Crippen molar-refractivity contribution in [3.05, 3.63) is 0 Å². The second-order valence-corrected chi connectivity index (χ2v) is 4.72. The molecule has 0 aromatic carbocycles. The number of piperidine rings is 1. The number of rotatable bonds is 4. The summed E-state index contributed by atoms with van der Waals surface area (Å²) in [5, 5.41) is 9.00. The van der Waals surface area contributed by atoms with E-state index in [9.17, 15) is 4.79 Å². The standard InChI is InChI=1S/C12H23NO2/c1-3-10(2)8-12(15)13-6-4-11(9-14)5-7-13/h10-11,14H,3-9H2,1-2H3/t10-/m0/s1. The van der Waals surface area contributed by atoms with Gasteiger partial charge in [-0.05, 0) is 24.7 Å². The van der Waals surface area contributed by atoms with Crippen LogP contribution in [-0.4, -0.2) is 35.6 Å². The summed E-state index contributed by atoms with van der Waals surface area (Å²) < 4.78 is 0. The maximum Gasteiger partial charge on any atom is 0.222 e. The van der Waals surface area contributed by atoms with Crippen LogP contribution in [0.25, 0.3) is 0 Å². The predicted octanol–water partition coefficient (Wildman–Crippen LogP) is 1.65. The normalized spacial score (nSPS) is 20.3. The van der Waals surface area contributed by atoms with Crippen molar-refractivity contribution in [2.75, 3.05) is 19.7 Å². The predicted molar refractivity (Wildman–Crippen MR) is 60.5 cm³/mol. The van der Waals surface area contributed by atoms with E-state index in [1.807, 2.05) is 4.90 Å². The molecule has 3 heteroatoms. The second kappa shape index (κ2) is 6.11. The van der Waals surface area contributed by atoms with E-state index < -0.39 is 0 Å². The van der Waals surface area contributed by atoms with Crippen LogP contribution in [0.2, 0.25) is 0 Å². The van der Waals surface area contributed by atoms with E-state index in [4.69, 9.17) is 5.11 Å². The van der Waals surface area contributed by atoms with E-state index in [0.29, 0.717) is 24.2 Å². The van der Waals surface area contributed by atoms with Crippen LogP contribution in [0.5, 0.6) is 0 Å². The second-order valence-electron chi connectivity index (χ2n) is 4.72. The van der Waals surface area contributed by atoms with Crippen LogP contribution < -0.4 is 0 Å². The van der Waals surface area contributed by atoms with E-state index in [2.05, 4.69) is 13.8 Å². The zero-order chi connectivity index (χ0) is 11.3. The summed E-state index contributed by atoms with van der Waals surface area (Å²) in [6, 6.07) is 0. The molecule has 1 amide bonds. The van der Waals surface area contributed by atoms with Gasteiger partial charge in [-0.1, -0.05) is 20.3 Å². The number of aliphatic hydroxyl groups excluding tert-OH is 1. The minimum atomic E-state index is 0.271. The molecule has 1 fully saturated rings. The minimum Gasteiger partial charge on any atom is -0.396 e. The third kappa shape index (κ3) is 3.82. The molecule has 1 aliphatic rings. The highest BCUT2D eigenvalue weighted by Gasteiger charge is 2.22. The zero-order valence-corrected chi connectivity index (χ0v) is 9.91. The molecule has 1 saturated heterocycles. The SMILES string of the molecule is CC[C@H](C)CC(=O)N1CCC(CO)CC1. The van der Waals surface area contributed by atoms with E-state index in [1.54, 1.807) is 0 Å². The number of hydrogen-bond acceptors (Lipinski definition) is 2. The average molecular weight is 213 g/mol. The van der Waals surface area contributed by atoms with Crippen molar-refractivity contribution in [2.24, 2.45) is 11.8 Å². The van der Waals surface area contributed by atoms with Crippen LogP contribution in [0.4, 0.5) is 0 Å². The largest absolute Gasteiger partial charge is 0.396 e. The molecule has 3 nitrogen and oxygen atoms in total. The van der Waals surface area contributed by atoms with Gasteiger partial charge in [0.05, 0.1) is 0 Å². The van der Waals surface area contributed by atoms with Crippen LogP contribution in [0, 0.1) is 11.8 Å². The highest BCUT2D eigenvalue weighted by atomic mass is 16.3. The highest BCUT2D eigenvalue weighted by Crippen LogP contribution is 2.18. The van der Waals surface area contributed by atoms with Crippen molar-refractivity contribution in [2.45, 2.75) is 39.5 Å². The van der Waals surface area contributed by atoms with Crippen LogP contribution in [-0.2, 0) is 4.79 Å². The first-order valence-corrected chi connectivity index (χ1v) is 6.06. The lowest BCUT2D eigenvalue weighted by molar-refractivity contribution is -0.133. The van der Waals surface area contributed by atoms with Gasteiger partial charge in [0.2, 0.25) is 5.91 Å². The molecule has 1 heterocycles. The van der Waals surface area contributed by atoms with Gasteiger partial charge in [-0.25, -0.2) is 0 Å². The molecule has 0 aromatic rings. The quantitative estimate of drug-likeness (QED) is 0.771. The first-order valence-electron chi connectivity index (χ1n) is 6.06. The fourth-order valence-electron chi connectivity index (χ4n) is 1.94. The molecule has 1 rings (SSSR count). The van der Waals surface area contributed by atoms with Crippen LogP contribution in [0.15, 0.2) is 0 Å². The molecule has 0 aromatic heterocycles. The van der Waals surface area contributed by atoms with Crippen molar-refractivity contribution < 1.29 is 9.90 Å². The van der Waals surface area contributed by atoms with Gasteiger partial charge in [0, 0.05) is 26.1 Å². The lowest BCUT2D eigenvalue weighted by Gasteiger charge is -2.31. The van der Waals surface area contributed by atoms with Crippen LogP contribution in [0.3, 0.4) is 0 Å². The molecule has 1 N–H and O–H groups in total. The number of carbonyl (C=O) groups excluding carboxylic acids is 1. The van der Waals surface area contributed by atoms with Crippen molar-refractivity contribution in [1.82, 2.24) is 4.90 Å². The van der Waals surface area contributed by atoms with Gasteiger partial charge >= 0.3 is 0 Å². The van der Waals surface area contributed by atoms with E-state index in [0.717, 1.165) is 32.4 Å². The molecule has 0 bridgehead atoms. The van der Waals surface area contributed by atoms with Gasteiger partial charge in [0.15, 0.2) is 0 Å². The molecule has 1 atom stereocenters. The Labute approximate surface area is 92.5 Å². The van der Waals surface area contributed by atoms with Crippen LogP contribution in [0.1, 0.15) is 39.5 Å². The Kier molecular flexibility index (Phi) is 5.09. The Morgan fingerprint density at radius 3 is 2.53 bits per heavy atom. The Morgan fingerprint density at radius 2 is 2.07 bits per heavy atom. The molecule has 0 spiro atoms. The number of carbonyl (C=O) groups is 1. The number of amides is 1. The number of nitrogens with zero attached hydrogens (tertiary/aromatic N) is 1. The van der Waals surface area contributed by atoms with Crippen molar-refractivity contribution in [3.63, 3.8) is 0 Å². The lowest BCUT2D eigenvalue weighted by atomic mass is 9.96. The van der Waals surface area contributed by atoms with E-state index >= 15 is 0 Å². The molecule has 0 saturated carbocycles. The maximum atomic E-state index is 11.8. The molecule has 1 aliphatic heterocycles. The minimum absolute atomic E-state index is 0.271. The van der Waals surface area contributed by atoms with E-state index in [-0.39, 0.29) is 6.61 Å². The first-order chi connectivity index (χ1) is 7.17. The van der Waals surface area contributed by atoms with Gasteiger partial charge in [-0.15, -0.1) is 0 Å². The topological polar surface area (TPSA) is 40.5 Å². The average Bonchev–Trinajstić information content (AvgIpc) is 2.29. The summed E-state index contributed by atoms with van der Waals surface area (Å²) in [6.45, 7) is 6.18. The Morgan fingerprint density at radius 1 is 1.47 bits per heavy atom. The summed E-state index contributed by atoms with van der Waals surface area (Å²) >= 11 is 0. The van der Waals surface area contributed by atoms with Crippen molar-refractivity contribution in [1.29, 1.82) is 0 Å². The van der Waals surface area contributed by atoms with Crippen molar-refractivity contribution in [3.8, 4) is 0 Å². The van der Waals surface area contributed by atoms with Gasteiger partial charge in [0.1, 0.15) is 0 Å². The van der Waals surface area contributed by atoms with Crippen LogP contribution >= 0.6 is 0 Å². The van der Waals surface area contributed by atoms with Gasteiger partial charge in [0.25, 0.3) is 0 Å². The fourth-order valence-corrected chi connectivity index (χ4v) is 1.94. The van der Waals surface area contributed by atoms with E-state index in [1.165, 1.54) is 0 Å². The Hall–Kier alpha value is -0.570. The molecule has 0 aliphatic carbocycles. The summed E-state index contributed by atoms with van der Waals surface area (Å²) in [4.78, 5) is 13.8. The maximum absolute atomic E-state index is 11.8. The zero-order valence-electron chi connectivity index (χ0n) is 9.91. The molecule has 0 unspecified atom stereocenters. The first kappa shape index (κ1) is 12.5. The summed E-state index contributed by atoms with van der Waals surface area (Å²) in [5.41, 5.74) is 0. The summed E-state index contributed by atoms with van der Waals surface area (Å²) in [6.07, 6.45) is 3.67. The van der Waals surface area contributed by atoms with Gasteiger partial charge < -0.3 is 10.0 Å². The fraction of sp³-hybridized carbons (Fsp3) is 0.917. The summed E-state index contributed by atoms with van der Waals surface area (Å²) in [5.74, 6) is 1.20. The molecule has 0 radical (unpaired) electrons.